The van der Waals surface area contributed by atoms with Crippen molar-refractivity contribution in [2.24, 2.45) is 0 Å². The van der Waals surface area contributed by atoms with E-state index in [1.165, 1.54) is 30.2 Å². The van der Waals surface area contributed by atoms with Crippen LogP contribution in [0.4, 0.5) is 0 Å². The highest BCUT2D eigenvalue weighted by Gasteiger charge is 2.29. The normalized spacial score (nSPS) is 16.8. The van der Waals surface area contributed by atoms with Crippen molar-refractivity contribution in [1.82, 2.24) is 15.1 Å². The number of methoxy groups -OCH3 is 1. The first-order chi connectivity index (χ1) is 11.5. The number of amides is 1. The topological polar surface area (TPSA) is 75.6 Å². The number of rotatable bonds is 4. The summed E-state index contributed by atoms with van der Waals surface area (Å²) in [5.41, 5.74) is 2.10. The van der Waals surface area contributed by atoms with Crippen LogP contribution in [-0.2, 0) is 11.2 Å². The highest BCUT2D eigenvalue weighted by atomic mass is 32.2. The summed E-state index contributed by atoms with van der Waals surface area (Å²) in [6.45, 7) is 4.55. The molecule has 6 nitrogen and oxygen atoms in total. The van der Waals surface area contributed by atoms with Gasteiger partial charge in [-0.15, -0.1) is 10.2 Å². The molecule has 2 heterocycles. The first-order valence-corrected chi connectivity index (χ1v) is 9.42. The molecule has 0 unspecified atom stereocenters. The molecule has 1 aliphatic rings. The number of benzene rings is 1. The number of aryl methyl sites for hydroxylation is 1. The number of phenolic OH excluding ortho intramolecular Hbond substituents is 1. The van der Waals surface area contributed by atoms with E-state index in [0.717, 1.165) is 26.9 Å². The van der Waals surface area contributed by atoms with Gasteiger partial charge in [0, 0.05) is 6.54 Å². The number of thioether (sulfide) groups is 1. The number of carbonyl (C=O) groups is 1. The van der Waals surface area contributed by atoms with Gasteiger partial charge in [0.05, 0.1) is 18.9 Å². The molecule has 0 fully saturated rings. The standard InChI is InChI=1S/C16H19N3O3S2/c1-9-12-7-14(22-3)13(20)6-11(12)4-5-19(9)15(21)8-23-16-18-17-10(2)24-16/h6-7,9,20H,4-5,8H2,1-3H3/t9-/m1/s1. The first kappa shape index (κ1) is 17.0. The van der Waals surface area contributed by atoms with Gasteiger partial charge >= 0.3 is 0 Å². The van der Waals surface area contributed by atoms with Crippen molar-refractivity contribution in [2.45, 2.75) is 30.6 Å². The molecule has 1 aromatic carbocycles. The molecule has 24 heavy (non-hydrogen) atoms. The molecule has 1 aliphatic heterocycles. The lowest BCUT2D eigenvalue weighted by atomic mass is 9.93. The second-order valence-corrected chi connectivity index (χ2v) is 8.02. The van der Waals surface area contributed by atoms with Crippen LogP contribution < -0.4 is 4.74 Å². The van der Waals surface area contributed by atoms with Crippen LogP contribution in [0.5, 0.6) is 11.5 Å². The summed E-state index contributed by atoms with van der Waals surface area (Å²) in [5.74, 6) is 1.01. The average Bonchev–Trinajstić information content (AvgIpc) is 2.98. The van der Waals surface area contributed by atoms with Crippen LogP contribution in [0.1, 0.15) is 29.1 Å². The molecule has 8 heteroatoms. The smallest absolute Gasteiger partial charge is 0.233 e. The second kappa shape index (κ2) is 6.98. The Morgan fingerprint density at radius 2 is 2.29 bits per heavy atom. The van der Waals surface area contributed by atoms with Crippen molar-refractivity contribution in [3.63, 3.8) is 0 Å². The van der Waals surface area contributed by atoms with E-state index in [-0.39, 0.29) is 17.7 Å². The molecule has 128 valence electrons. The van der Waals surface area contributed by atoms with Crippen LogP contribution in [0.25, 0.3) is 0 Å². The predicted molar refractivity (Wildman–Crippen MR) is 93.9 cm³/mol. The molecule has 0 aliphatic carbocycles. The lowest BCUT2D eigenvalue weighted by Crippen LogP contribution is -2.39. The zero-order chi connectivity index (χ0) is 17.3. The molecule has 1 N–H and O–H groups in total. The summed E-state index contributed by atoms with van der Waals surface area (Å²) in [5, 5.41) is 18.8. The maximum absolute atomic E-state index is 12.6. The van der Waals surface area contributed by atoms with Crippen molar-refractivity contribution >= 4 is 29.0 Å². The minimum Gasteiger partial charge on any atom is -0.504 e. The average molecular weight is 365 g/mol. The van der Waals surface area contributed by atoms with E-state index in [1.54, 1.807) is 6.07 Å². The predicted octanol–water partition coefficient (Wildman–Crippen LogP) is 2.80. The first-order valence-electron chi connectivity index (χ1n) is 7.61. The molecule has 1 atom stereocenters. The third-order valence-electron chi connectivity index (χ3n) is 4.13. The fourth-order valence-corrected chi connectivity index (χ4v) is 4.58. The van der Waals surface area contributed by atoms with E-state index < -0.39 is 0 Å². The largest absolute Gasteiger partial charge is 0.504 e. The number of hydrogen-bond donors (Lipinski definition) is 1. The third kappa shape index (κ3) is 3.34. The van der Waals surface area contributed by atoms with Gasteiger partial charge in [0.25, 0.3) is 0 Å². The number of nitrogens with zero attached hydrogens (tertiary/aromatic N) is 3. The fourth-order valence-electron chi connectivity index (χ4n) is 2.88. The number of aromatic hydroxyl groups is 1. The molecule has 1 amide bonds. The van der Waals surface area contributed by atoms with Crippen LogP contribution >= 0.6 is 23.1 Å². The molecule has 0 bridgehead atoms. The van der Waals surface area contributed by atoms with E-state index in [1.807, 2.05) is 24.8 Å². The van der Waals surface area contributed by atoms with Gasteiger partial charge in [-0.1, -0.05) is 23.1 Å². The Kier molecular flexibility index (Phi) is 4.96. The van der Waals surface area contributed by atoms with Crippen LogP contribution in [0, 0.1) is 6.92 Å². The fraction of sp³-hybridized carbons (Fsp3) is 0.438. The van der Waals surface area contributed by atoms with Crippen molar-refractivity contribution < 1.29 is 14.6 Å². The van der Waals surface area contributed by atoms with Gasteiger partial charge in [-0.2, -0.15) is 0 Å². The van der Waals surface area contributed by atoms with Gasteiger partial charge in [-0.25, -0.2) is 0 Å². The van der Waals surface area contributed by atoms with Gasteiger partial charge < -0.3 is 14.7 Å². The number of aromatic nitrogens is 2. The number of hydrogen-bond acceptors (Lipinski definition) is 7. The molecule has 3 rings (SSSR count). The quantitative estimate of drug-likeness (QED) is 0.840. The zero-order valence-corrected chi connectivity index (χ0v) is 15.4. The lowest BCUT2D eigenvalue weighted by molar-refractivity contribution is -0.130. The molecule has 0 radical (unpaired) electrons. The molecule has 0 saturated carbocycles. The summed E-state index contributed by atoms with van der Waals surface area (Å²) < 4.78 is 6.01. The van der Waals surface area contributed by atoms with Gasteiger partial charge in [0.15, 0.2) is 15.8 Å². The van der Waals surface area contributed by atoms with E-state index in [4.69, 9.17) is 4.74 Å². The zero-order valence-electron chi connectivity index (χ0n) is 13.8. The molecule has 2 aromatic rings. The number of ether oxygens (including phenoxy) is 1. The Bertz CT molecular complexity index is 763. The van der Waals surface area contributed by atoms with Gasteiger partial charge in [-0.05, 0) is 43.5 Å². The second-order valence-electron chi connectivity index (χ2n) is 5.61. The third-order valence-corrected chi connectivity index (χ3v) is 6.08. The van der Waals surface area contributed by atoms with E-state index in [0.29, 0.717) is 18.0 Å². The van der Waals surface area contributed by atoms with Crippen molar-refractivity contribution in [1.29, 1.82) is 0 Å². The maximum atomic E-state index is 12.6. The van der Waals surface area contributed by atoms with Gasteiger partial charge in [0.2, 0.25) is 5.91 Å². The highest BCUT2D eigenvalue weighted by Crippen LogP contribution is 2.37. The summed E-state index contributed by atoms with van der Waals surface area (Å²) in [4.78, 5) is 14.5. The Labute approximate surface area is 148 Å². The van der Waals surface area contributed by atoms with Gasteiger partial charge in [-0.3, -0.25) is 4.79 Å². The Morgan fingerprint density at radius 3 is 2.96 bits per heavy atom. The number of phenols is 1. The molecular weight excluding hydrogens is 346 g/mol. The summed E-state index contributed by atoms with van der Waals surface area (Å²) in [6, 6.07) is 3.52. The van der Waals surface area contributed by atoms with Crippen LogP contribution in [0.3, 0.4) is 0 Å². The van der Waals surface area contributed by atoms with Crippen LogP contribution in [0.15, 0.2) is 16.5 Å². The summed E-state index contributed by atoms with van der Waals surface area (Å²) in [6.07, 6.45) is 0.728. The van der Waals surface area contributed by atoms with E-state index in [9.17, 15) is 9.90 Å². The minimum absolute atomic E-state index is 0.0486. The number of carbonyl (C=O) groups excluding carboxylic acids is 1. The Balaban J connectivity index is 1.72. The van der Waals surface area contributed by atoms with E-state index >= 15 is 0 Å². The summed E-state index contributed by atoms with van der Waals surface area (Å²) >= 11 is 2.92. The van der Waals surface area contributed by atoms with E-state index in [2.05, 4.69) is 10.2 Å². The maximum Gasteiger partial charge on any atom is 0.233 e. The molecule has 0 spiro atoms. The summed E-state index contributed by atoms with van der Waals surface area (Å²) in [7, 11) is 1.53. The SMILES string of the molecule is COc1cc2c(cc1O)CCN(C(=O)CSc1nnc(C)s1)[C@@H]2C. The number of fused-ring (bicyclic) bond motifs is 1. The van der Waals surface area contributed by atoms with Crippen molar-refractivity contribution in [3.8, 4) is 11.5 Å². The minimum atomic E-state index is -0.0486. The molecule has 1 aromatic heterocycles. The molecular formula is C16H19N3O3S2. The Hall–Kier alpha value is -1.80. The Morgan fingerprint density at radius 1 is 1.50 bits per heavy atom. The highest BCUT2D eigenvalue weighted by molar-refractivity contribution is 8.01. The van der Waals surface area contributed by atoms with Crippen LogP contribution in [0.2, 0.25) is 0 Å². The van der Waals surface area contributed by atoms with Gasteiger partial charge in [0.1, 0.15) is 5.01 Å². The monoisotopic (exact) mass is 365 g/mol. The van der Waals surface area contributed by atoms with Crippen molar-refractivity contribution in [3.05, 3.63) is 28.3 Å². The van der Waals surface area contributed by atoms with Crippen molar-refractivity contribution in [2.75, 3.05) is 19.4 Å². The molecule has 0 saturated heterocycles. The lowest BCUT2D eigenvalue weighted by Gasteiger charge is -2.35. The van der Waals surface area contributed by atoms with Crippen LogP contribution in [-0.4, -0.2) is 45.5 Å².